The molecule has 9 heteroatoms. The second-order valence-corrected chi connectivity index (χ2v) is 8.01. The summed E-state index contributed by atoms with van der Waals surface area (Å²) in [5.41, 5.74) is 1.84. The molecule has 0 amide bonds. The minimum Gasteiger partial charge on any atom is -0.493 e. The number of benzene rings is 2. The van der Waals surface area contributed by atoms with Crippen LogP contribution in [0.25, 0.3) is 0 Å². The summed E-state index contributed by atoms with van der Waals surface area (Å²) in [6, 6.07) is 6.96. The fourth-order valence-electron chi connectivity index (χ4n) is 4.80. The number of ether oxygens (including phenoxy) is 6. The predicted molar refractivity (Wildman–Crippen MR) is 121 cm³/mol. The summed E-state index contributed by atoms with van der Waals surface area (Å²) in [6.07, 6.45) is 0.333. The maximum atomic E-state index is 13.3. The number of esters is 1. The van der Waals surface area contributed by atoms with Crippen molar-refractivity contribution in [2.45, 2.75) is 12.0 Å². The van der Waals surface area contributed by atoms with E-state index in [0.29, 0.717) is 45.4 Å². The molecule has 0 spiro atoms. The van der Waals surface area contributed by atoms with Crippen LogP contribution < -0.4 is 23.7 Å². The van der Waals surface area contributed by atoms with E-state index in [9.17, 15) is 15.0 Å². The molecule has 0 unspecified atom stereocenters. The molecule has 4 atom stereocenters. The van der Waals surface area contributed by atoms with Gasteiger partial charge in [0.1, 0.15) is 6.61 Å². The lowest BCUT2D eigenvalue weighted by Gasteiger charge is -2.41. The van der Waals surface area contributed by atoms with Gasteiger partial charge in [0.15, 0.2) is 23.0 Å². The van der Waals surface area contributed by atoms with E-state index in [4.69, 9.17) is 28.4 Å². The standard InChI is InChI=1S/C25H28O9/c1-5-6-32-25(28)22-16(11-26)23(27)15-10-18-17(33-12-34-18)9-14(15)21(22)13-7-19(29-2)24(31-4)20(8-13)30-3/h5,7-10,16,21-23,26-27H,1,6,11-12H2,2-4H3/t16-,21+,22+,23-/m0/s1. The van der Waals surface area contributed by atoms with Gasteiger partial charge in [0.05, 0.1) is 33.4 Å². The highest BCUT2D eigenvalue weighted by Crippen LogP contribution is 2.53. The molecule has 2 aliphatic rings. The van der Waals surface area contributed by atoms with Gasteiger partial charge in [-0.05, 0) is 41.0 Å². The van der Waals surface area contributed by atoms with Crippen molar-refractivity contribution in [3.05, 3.63) is 53.6 Å². The minimum absolute atomic E-state index is 0.000448. The zero-order valence-corrected chi connectivity index (χ0v) is 19.3. The third-order valence-corrected chi connectivity index (χ3v) is 6.33. The van der Waals surface area contributed by atoms with Crippen molar-refractivity contribution < 1.29 is 43.4 Å². The molecule has 0 bridgehead atoms. The highest BCUT2D eigenvalue weighted by molar-refractivity contribution is 5.77. The first-order valence-corrected chi connectivity index (χ1v) is 10.8. The van der Waals surface area contributed by atoms with Crippen LogP contribution in [0.15, 0.2) is 36.9 Å². The molecular weight excluding hydrogens is 444 g/mol. The Bertz CT molecular complexity index is 1060. The summed E-state index contributed by atoms with van der Waals surface area (Å²) in [5.74, 6) is -0.746. The first-order valence-electron chi connectivity index (χ1n) is 10.8. The number of fused-ring (bicyclic) bond motifs is 2. The number of hydrogen-bond acceptors (Lipinski definition) is 9. The van der Waals surface area contributed by atoms with Gasteiger partial charge in [-0.2, -0.15) is 0 Å². The maximum absolute atomic E-state index is 13.3. The van der Waals surface area contributed by atoms with E-state index in [-0.39, 0.29) is 13.4 Å². The normalized spacial score (nSPS) is 22.5. The topological polar surface area (TPSA) is 113 Å². The van der Waals surface area contributed by atoms with Crippen LogP contribution in [0, 0.1) is 11.8 Å². The van der Waals surface area contributed by atoms with Gasteiger partial charge < -0.3 is 38.6 Å². The zero-order chi connectivity index (χ0) is 24.4. The van der Waals surface area contributed by atoms with E-state index in [0.717, 1.165) is 0 Å². The fourth-order valence-corrected chi connectivity index (χ4v) is 4.80. The van der Waals surface area contributed by atoms with Crippen molar-refractivity contribution in [1.29, 1.82) is 0 Å². The number of carbonyl (C=O) groups is 1. The number of hydrogen-bond donors (Lipinski definition) is 2. The molecule has 9 nitrogen and oxygen atoms in total. The molecule has 0 fully saturated rings. The van der Waals surface area contributed by atoms with Crippen LogP contribution in [0.1, 0.15) is 28.7 Å². The molecule has 4 rings (SSSR count). The summed E-state index contributed by atoms with van der Waals surface area (Å²) in [4.78, 5) is 13.3. The Morgan fingerprint density at radius 3 is 2.21 bits per heavy atom. The average Bonchev–Trinajstić information content (AvgIpc) is 3.32. The Balaban J connectivity index is 1.97. The van der Waals surface area contributed by atoms with Crippen LogP contribution in [-0.2, 0) is 9.53 Å². The highest BCUT2D eigenvalue weighted by atomic mass is 16.7. The molecule has 2 aromatic rings. The van der Waals surface area contributed by atoms with Gasteiger partial charge in [-0.15, -0.1) is 0 Å². The lowest BCUT2D eigenvalue weighted by molar-refractivity contribution is -0.154. The van der Waals surface area contributed by atoms with Crippen molar-refractivity contribution >= 4 is 5.97 Å². The molecule has 0 radical (unpaired) electrons. The third-order valence-electron chi connectivity index (χ3n) is 6.33. The molecule has 1 aliphatic carbocycles. The molecule has 2 N–H and O–H groups in total. The van der Waals surface area contributed by atoms with Crippen LogP contribution in [0.2, 0.25) is 0 Å². The van der Waals surface area contributed by atoms with Crippen molar-refractivity contribution in [2.24, 2.45) is 11.8 Å². The van der Waals surface area contributed by atoms with E-state index in [1.165, 1.54) is 27.4 Å². The van der Waals surface area contributed by atoms with Gasteiger partial charge in [-0.3, -0.25) is 4.79 Å². The van der Waals surface area contributed by atoms with Crippen LogP contribution in [0.3, 0.4) is 0 Å². The summed E-state index contributed by atoms with van der Waals surface area (Å²) < 4.78 is 33.0. The van der Waals surface area contributed by atoms with Crippen molar-refractivity contribution in [2.75, 3.05) is 41.3 Å². The zero-order valence-electron chi connectivity index (χ0n) is 19.3. The van der Waals surface area contributed by atoms with Gasteiger partial charge in [0.2, 0.25) is 12.5 Å². The number of aliphatic hydroxyl groups excluding tert-OH is 2. The Hall–Kier alpha value is -3.43. The largest absolute Gasteiger partial charge is 0.493 e. The summed E-state index contributed by atoms with van der Waals surface area (Å²) in [5, 5.41) is 21.5. The monoisotopic (exact) mass is 472 g/mol. The Morgan fingerprint density at radius 1 is 1.06 bits per heavy atom. The molecule has 34 heavy (non-hydrogen) atoms. The lowest BCUT2D eigenvalue weighted by Crippen LogP contribution is -2.41. The summed E-state index contributed by atoms with van der Waals surface area (Å²) in [7, 11) is 4.51. The van der Waals surface area contributed by atoms with Crippen molar-refractivity contribution in [3.63, 3.8) is 0 Å². The van der Waals surface area contributed by atoms with Gasteiger partial charge in [0, 0.05) is 18.4 Å². The van der Waals surface area contributed by atoms with Gasteiger partial charge in [0.25, 0.3) is 0 Å². The molecule has 2 aromatic carbocycles. The van der Waals surface area contributed by atoms with Crippen LogP contribution in [0.5, 0.6) is 28.7 Å². The molecule has 1 heterocycles. The van der Waals surface area contributed by atoms with Crippen LogP contribution >= 0.6 is 0 Å². The molecule has 0 saturated carbocycles. The Morgan fingerprint density at radius 2 is 1.68 bits per heavy atom. The van der Waals surface area contributed by atoms with E-state index in [1.807, 2.05) is 0 Å². The highest BCUT2D eigenvalue weighted by Gasteiger charge is 2.48. The second-order valence-electron chi connectivity index (χ2n) is 8.01. The Labute approximate surface area is 197 Å². The van der Waals surface area contributed by atoms with E-state index < -0.39 is 36.4 Å². The second kappa shape index (κ2) is 9.82. The van der Waals surface area contributed by atoms with E-state index >= 15 is 0 Å². The third kappa shape index (κ3) is 3.91. The lowest BCUT2D eigenvalue weighted by atomic mass is 9.65. The van der Waals surface area contributed by atoms with E-state index in [2.05, 4.69) is 6.58 Å². The first kappa shape index (κ1) is 23.7. The van der Waals surface area contributed by atoms with Crippen LogP contribution in [0.4, 0.5) is 0 Å². The molecular formula is C25H28O9. The number of carbonyl (C=O) groups excluding carboxylic acids is 1. The molecule has 0 saturated heterocycles. The van der Waals surface area contributed by atoms with Gasteiger partial charge in [-0.1, -0.05) is 12.7 Å². The van der Waals surface area contributed by atoms with Crippen LogP contribution in [-0.4, -0.2) is 57.5 Å². The molecule has 0 aromatic heterocycles. The maximum Gasteiger partial charge on any atom is 0.310 e. The molecule has 182 valence electrons. The number of rotatable bonds is 8. The summed E-state index contributed by atoms with van der Waals surface area (Å²) in [6.45, 7) is 3.21. The smallest absolute Gasteiger partial charge is 0.310 e. The number of aliphatic hydroxyl groups is 2. The predicted octanol–water partition coefficient (Wildman–Crippen LogP) is 2.57. The number of methoxy groups -OCH3 is 3. The van der Waals surface area contributed by atoms with Gasteiger partial charge in [-0.25, -0.2) is 0 Å². The fraction of sp³-hybridized carbons (Fsp3) is 0.400. The van der Waals surface area contributed by atoms with Crippen molar-refractivity contribution in [3.8, 4) is 28.7 Å². The minimum atomic E-state index is -1.13. The molecule has 1 aliphatic heterocycles. The average molecular weight is 472 g/mol. The SMILES string of the molecule is C=CCOC(=O)[C@H]1[C@H](c2cc(OC)c(OC)c(OC)c2)c2cc3c(cc2[C@H](O)[C@H]1CO)OCO3. The van der Waals surface area contributed by atoms with Gasteiger partial charge >= 0.3 is 5.97 Å². The quantitative estimate of drug-likeness (QED) is 0.442. The Kier molecular flexibility index (Phi) is 6.85. The first-order chi connectivity index (χ1) is 16.5. The van der Waals surface area contributed by atoms with Crippen molar-refractivity contribution in [1.82, 2.24) is 0 Å². The van der Waals surface area contributed by atoms with E-state index in [1.54, 1.807) is 24.3 Å². The summed E-state index contributed by atoms with van der Waals surface area (Å²) >= 11 is 0.